The summed E-state index contributed by atoms with van der Waals surface area (Å²) in [6.45, 7) is 1.09. The molecule has 4 aromatic rings. The maximum atomic E-state index is 13.1. The molecule has 2 aromatic heterocycles. The summed E-state index contributed by atoms with van der Waals surface area (Å²) in [6.07, 6.45) is -1.71. The minimum Gasteiger partial charge on any atom is -0.406 e. The Morgan fingerprint density at radius 1 is 0.886 bits per heavy atom. The zero-order valence-electron chi connectivity index (χ0n) is 18.1. The number of anilines is 1. The zero-order valence-corrected chi connectivity index (χ0v) is 18.9. The average molecular weight is 504 g/mol. The van der Waals surface area contributed by atoms with E-state index in [4.69, 9.17) is 0 Å². The highest BCUT2D eigenvalue weighted by atomic mass is 32.2. The van der Waals surface area contributed by atoms with E-state index in [-0.39, 0.29) is 18.0 Å². The SMILES string of the molecule is O=S(=O)(c1ccc(OC(F)(F)F)cc1)N1CCN(c2c(-c3ccccc3)cnc3ncnn23)CC1. The number of fused-ring (bicyclic) bond motifs is 1. The molecule has 0 aliphatic carbocycles. The van der Waals surface area contributed by atoms with Gasteiger partial charge in [0, 0.05) is 37.9 Å². The second kappa shape index (κ2) is 8.82. The molecule has 3 heterocycles. The minimum absolute atomic E-state index is 0.104. The van der Waals surface area contributed by atoms with E-state index in [1.165, 1.54) is 10.6 Å². The average Bonchev–Trinajstić information content (AvgIpc) is 3.32. The summed E-state index contributed by atoms with van der Waals surface area (Å²) in [6, 6.07) is 13.8. The third kappa shape index (κ3) is 4.64. The van der Waals surface area contributed by atoms with Crippen LogP contribution in [0.1, 0.15) is 0 Å². The lowest BCUT2D eigenvalue weighted by Crippen LogP contribution is -2.49. The number of sulfonamides is 1. The van der Waals surface area contributed by atoms with Gasteiger partial charge in [-0.15, -0.1) is 13.2 Å². The Bertz CT molecular complexity index is 1440. The number of benzene rings is 2. The molecule has 0 saturated carbocycles. The number of hydrogen-bond donors (Lipinski definition) is 0. The van der Waals surface area contributed by atoms with Gasteiger partial charge in [-0.1, -0.05) is 30.3 Å². The minimum atomic E-state index is -4.85. The fourth-order valence-electron chi connectivity index (χ4n) is 4.00. The standard InChI is InChI=1S/C22H19F3N6O3S/c23-22(24,25)34-17-6-8-18(9-7-17)35(32,33)30-12-10-29(11-13-30)20-19(16-4-2-1-3-5-16)14-26-21-27-15-28-31(20)21/h1-9,14-15H,10-13H2. The van der Waals surface area contributed by atoms with Crippen LogP contribution in [0.3, 0.4) is 0 Å². The van der Waals surface area contributed by atoms with Crippen LogP contribution in [0.2, 0.25) is 0 Å². The predicted molar refractivity (Wildman–Crippen MR) is 120 cm³/mol. The molecule has 35 heavy (non-hydrogen) atoms. The van der Waals surface area contributed by atoms with Crippen LogP contribution in [-0.2, 0) is 10.0 Å². The molecule has 9 nitrogen and oxygen atoms in total. The van der Waals surface area contributed by atoms with Gasteiger partial charge in [-0.2, -0.15) is 18.9 Å². The Hall–Kier alpha value is -3.71. The number of hydrogen-bond acceptors (Lipinski definition) is 7. The van der Waals surface area contributed by atoms with E-state index < -0.39 is 22.1 Å². The van der Waals surface area contributed by atoms with Gasteiger partial charge in [0.1, 0.15) is 17.9 Å². The molecule has 0 bridgehead atoms. The molecular formula is C22H19F3N6O3S. The number of alkyl halides is 3. The summed E-state index contributed by atoms with van der Waals surface area (Å²) in [4.78, 5) is 10.5. The van der Waals surface area contributed by atoms with E-state index in [2.05, 4.69) is 19.8 Å². The van der Waals surface area contributed by atoms with Gasteiger partial charge in [0.25, 0.3) is 5.78 Å². The first-order valence-corrected chi connectivity index (χ1v) is 12.0. The molecule has 0 N–H and O–H groups in total. The third-order valence-electron chi connectivity index (χ3n) is 5.60. The summed E-state index contributed by atoms with van der Waals surface area (Å²) >= 11 is 0. The maximum absolute atomic E-state index is 13.1. The Kier molecular flexibility index (Phi) is 5.81. The monoisotopic (exact) mass is 504 g/mol. The van der Waals surface area contributed by atoms with Crippen molar-refractivity contribution in [2.24, 2.45) is 0 Å². The summed E-state index contributed by atoms with van der Waals surface area (Å²) < 4.78 is 70.1. The van der Waals surface area contributed by atoms with Crippen LogP contribution in [0.15, 0.2) is 72.0 Å². The van der Waals surface area contributed by atoms with E-state index in [9.17, 15) is 21.6 Å². The number of ether oxygens (including phenoxy) is 1. The first-order chi connectivity index (χ1) is 16.7. The molecule has 5 rings (SSSR count). The topological polar surface area (TPSA) is 92.9 Å². The van der Waals surface area contributed by atoms with Crippen molar-refractivity contribution < 1.29 is 26.3 Å². The smallest absolute Gasteiger partial charge is 0.406 e. The lowest BCUT2D eigenvalue weighted by atomic mass is 10.1. The predicted octanol–water partition coefficient (Wildman–Crippen LogP) is 3.20. The van der Waals surface area contributed by atoms with E-state index >= 15 is 0 Å². The summed E-state index contributed by atoms with van der Waals surface area (Å²) in [5.41, 5.74) is 1.77. The molecule has 0 atom stereocenters. The number of nitrogens with zero attached hydrogens (tertiary/aromatic N) is 6. The van der Waals surface area contributed by atoms with Crippen LogP contribution in [-0.4, -0.2) is 64.8 Å². The van der Waals surface area contributed by atoms with Crippen LogP contribution in [0.4, 0.5) is 19.0 Å². The largest absolute Gasteiger partial charge is 0.573 e. The van der Waals surface area contributed by atoms with E-state index in [0.717, 1.165) is 41.2 Å². The quantitative estimate of drug-likeness (QED) is 0.412. The van der Waals surface area contributed by atoms with E-state index in [1.54, 1.807) is 10.7 Å². The number of halogens is 3. The Balaban J connectivity index is 1.38. The maximum Gasteiger partial charge on any atom is 0.573 e. The first-order valence-electron chi connectivity index (χ1n) is 10.6. The Morgan fingerprint density at radius 3 is 2.23 bits per heavy atom. The second-order valence-corrected chi connectivity index (χ2v) is 9.68. The van der Waals surface area contributed by atoms with Crippen molar-refractivity contribution in [2.45, 2.75) is 11.3 Å². The van der Waals surface area contributed by atoms with Crippen LogP contribution in [0.25, 0.3) is 16.9 Å². The lowest BCUT2D eigenvalue weighted by molar-refractivity contribution is -0.274. The van der Waals surface area contributed by atoms with Gasteiger partial charge in [0.05, 0.1) is 4.90 Å². The molecule has 1 aliphatic heterocycles. The van der Waals surface area contributed by atoms with Gasteiger partial charge in [-0.25, -0.2) is 13.4 Å². The molecule has 0 radical (unpaired) electrons. The molecule has 0 unspecified atom stereocenters. The summed E-state index contributed by atoms with van der Waals surface area (Å²) in [5.74, 6) is 0.699. The molecule has 0 amide bonds. The molecule has 0 spiro atoms. The molecule has 1 saturated heterocycles. The molecule has 2 aromatic carbocycles. The second-order valence-electron chi connectivity index (χ2n) is 7.74. The number of piperazine rings is 1. The summed E-state index contributed by atoms with van der Waals surface area (Å²) in [5, 5.41) is 4.31. The molecule has 182 valence electrons. The van der Waals surface area contributed by atoms with Crippen molar-refractivity contribution in [3.05, 3.63) is 67.1 Å². The fourth-order valence-corrected chi connectivity index (χ4v) is 5.42. The molecular weight excluding hydrogens is 485 g/mol. The van der Waals surface area contributed by atoms with Gasteiger partial charge in [0.2, 0.25) is 10.0 Å². The summed E-state index contributed by atoms with van der Waals surface area (Å²) in [7, 11) is -3.90. The van der Waals surface area contributed by atoms with Crippen LogP contribution in [0, 0.1) is 0 Å². The van der Waals surface area contributed by atoms with Gasteiger partial charge >= 0.3 is 6.36 Å². The fraction of sp³-hybridized carbons (Fsp3) is 0.227. The molecule has 1 aliphatic rings. The Morgan fingerprint density at radius 2 is 1.57 bits per heavy atom. The van der Waals surface area contributed by atoms with Crippen molar-refractivity contribution in [2.75, 3.05) is 31.1 Å². The van der Waals surface area contributed by atoms with Crippen molar-refractivity contribution in [1.82, 2.24) is 23.9 Å². The highest BCUT2D eigenvalue weighted by Crippen LogP contribution is 2.32. The first kappa shape index (κ1) is 23.1. The zero-order chi connectivity index (χ0) is 24.6. The highest BCUT2D eigenvalue weighted by molar-refractivity contribution is 7.89. The molecule has 13 heteroatoms. The Labute approximate surface area is 198 Å². The third-order valence-corrected chi connectivity index (χ3v) is 7.51. The van der Waals surface area contributed by atoms with Crippen molar-refractivity contribution in [3.63, 3.8) is 0 Å². The number of rotatable bonds is 5. The number of aromatic nitrogens is 4. The van der Waals surface area contributed by atoms with E-state index in [0.29, 0.717) is 18.9 Å². The van der Waals surface area contributed by atoms with Crippen LogP contribution >= 0.6 is 0 Å². The lowest BCUT2D eigenvalue weighted by Gasteiger charge is -2.36. The van der Waals surface area contributed by atoms with Gasteiger partial charge in [-0.05, 0) is 29.8 Å². The normalized spacial score (nSPS) is 15.5. The van der Waals surface area contributed by atoms with Crippen LogP contribution < -0.4 is 9.64 Å². The van der Waals surface area contributed by atoms with Gasteiger partial charge in [0.15, 0.2) is 0 Å². The van der Waals surface area contributed by atoms with Crippen molar-refractivity contribution >= 4 is 21.6 Å². The molecule has 1 fully saturated rings. The van der Waals surface area contributed by atoms with Gasteiger partial charge in [-0.3, -0.25) is 0 Å². The van der Waals surface area contributed by atoms with Crippen LogP contribution in [0.5, 0.6) is 5.75 Å². The van der Waals surface area contributed by atoms with Crippen molar-refractivity contribution in [3.8, 4) is 16.9 Å². The van der Waals surface area contributed by atoms with Crippen molar-refractivity contribution in [1.29, 1.82) is 0 Å². The van der Waals surface area contributed by atoms with E-state index in [1.807, 2.05) is 35.2 Å². The highest BCUT2D eigenvalue weighted by Gasteiger charge is 2.33. The van der Waals surface area contributed by atoms with Gasteiger partial charge < -0.3 is 9.64 Å².